The Hall–Kier alpha value is -0.710. The number of rotatable bonds is 6. The number of hydrogen-bond acceptors (Lipinski definition) is 4. The molecule has 0 aromatic heterocycles. The number of β-amino-alcohol motifs (C(OH)–C–C–N with tert-alkyl or cyclic N) is 1. The Kier molecular flexibility index (Phi) is 5.99. The molecule has 1 unspecified atom stereocenters. The summed E-state index contributed by atoms with van der Waals surface area (Å²) < 4.78 is 5.17. The number of hydrogen-bond donors (Lipinski definition) is 2. The minimum Gasteiger partial charge on any atom is -0.497 e. The molecule has 4 heteroatoms. The van der Waals surface area contributed by atoms with E-state index in [4.69, 9.17) is 4.74 Å². The van der Waals surface area contributed by atoms with E-state index in [0.29, 0.717) is 12.3 Å². The van der Waals surface area contributed by atoms with Gasteiger partial charge in [-0.1, -0.05) is 6.07 Å². The highest BCUT2D eigenvalue weighted by Gasteiger charge is 2.12. The van der Waals surface area contributed by atoms with Crippen LogP contribution in [0.1, 0.15) is 20.8 Å². The van der Waals surface area contributed by atoms with Gasteiger partial charge in [-0.2, -0.15) is 0 Å². The van der Waals surface area contributed by atoms with Gasteiger partial charge in [0.15, 0.2) is 0 Å². The van der Waals surface area contributed by atoms with Crippen molar-refractivity contribution in [2.45, 2.75) is 37.3 Å². The van der Waals surface area contributed by atoms with Crippen molar-refractivity contribution in [1.29, 1.82) is 0 Å². The monoisotopic (exact) mass is 269 g/mol. The molecular weight excluding hydrogens is 246 g/mol. The van der Waals surface area contributed by atoms with Crippen molar-refractivity contribution in [3.05, 3.63) is 24.3 Å². The Morgan fingerprint density at radius 2 is 2.11 bits per heavy atom. The molecule has 3 nitrogen and oxygen atoms in total. The fourth-order valence-corrected chi connectivity index (χ4v) is 2.24. The van der Waals surface area contributed by atoms with E-state index in [0.717, 1.165) is 10.6 Å². The minimum absolute atomic E-state index is 0.0433. The number of aliphatic hydroxyl groups is 1. The number of benzene rings is 1. The van der Waals surface area contributed by atoms with Crippen LogP contribution in [0.25, 0.3) is 0 Å². The zero-order valence-electron chi connectivity index (χ0n) is 11.6. The zero-order valence-corrected chi connectivity index (χ0v) is 12.4. The lowest BCUT2D eigenvalue weighted by molar-refractivity contribution is 0.183. The van der Waals surface area contributed by atoms with Crippen LogP contribution in [0.5, 0.6) is 5.75 Å². The second-order valence-corrected chi connectivity index (χ2v) is 6.37. The highest BCUT2D eigenvalue weighted by molar-refractivity contribution is 7.99. The summed E-state index contributed by atoms with van der Waals surface area (Å²) >= 11 is 1.64. The number of aliphatic hydroxyl groups excluding tert-OH is 1. The fourth-order valence-electron chi connectivity index (χ4n) is 1.37. The fraction of sp³-hybridized carbons (Fsp3) is 0.571. The molecule has 102 valence electrons. The smallest absolute Gasteiger partial charge is 0.119 e. The van der Waals surface area contributed by atoms with Gasteiger partial charge in [0.1, 0.15) is 5.75 Å². The van der Waals surface area contributed by atoms with Crippen LogP contribution in [0.2, 0.25) is 0 Å². The maximum Gasteiger partial charge on any atom is 0.119 e. The van der Waals surface area contributed by atoms with Gasteiger partial charge < -0.3 is 15.2 Å². The SMILES string of the molecule is COc1cccc(SCC(O)CNC(C)(C)C)c1. The molecule has 0 radical (unpaired) electrons. The number of ether oxygens (including phenoxy) is 1. The summed E-state index contributed by atoms with van der Waals surface area (Å²) in [5, 5.41) is 13.2. The Labute approximate surface area is 114 Å². The van der Waals surface area contributed by atoms with Crippen molar-refractivity contribution < 1.29 is 9.84 Å². The van der Waals surface area contributed by atoms with E-state index in [2.05, 4.69) is 26.1 Å². The summed E-state index contributed by atoms with van der Waals surface area (Å²) in [6.07, 6.45) is -0.347. The summed E-state index contributed by atoms with van der Waals surface area (Å²) in [5.41, 5.74) is 0.0433. The lowest BCUT2D eigenvalue weighted by Gasteiger charge is -2.22. The van der Waals surface area contributed by atoms with Crippen LogP contribution in [0, 0.1) is 0 Å². The molecule has 0 amide bonds. The average molecular weight is 269 g/mol. The molecule has 1 aromatic carbocycles. The lowest BCUT2D eigenvalue weighted by atomic mass is 10.1. The molecule has 0 fully saturated rings. The number of thioether (sulfide) groups is 1. The number of methoxy groups -OCH3 is 1. The van der Waals surface area contributed by atoms with E-state index in [1.54, 1.807) is 18.9 Å². The van der Waals surface area contributed by atoms with Crippen molar-refractivity contribution in [2.75, 3.05) is 19.4 Å². The van der Waals surface area contributed by atoms with Crippen molar-refractivity contribution in [3.63, 3.8) is 0 Å². The molecule has 0 aliphatic heterocycles. The molecule has 0 saturated carbocycles. The molecule has 0 bridgehead atoms. The normalized spacial score (nSPS) is 13.4. The Morgan fingerprint density at radius 1 is 1.39 bits per heavy atom. The maximum atomic E-state index is 9.89. The minimum atomic E-state index is -0.347. The predicted molar refractivity (Wildman–Crippen MR) is 77.5 cm³/mol. The van der Waals surface area contributed by atoms with E-state index in [1.807, 2.05) is 24.3 Å². The topological polar surface area (TPSA) is 41.5 Å². The van der Waals surface area contributed by atoms with Crippen LogP contribution in [0.3, 0.4) is 0 Å². The molecule has 18 heavy (non-hydrogen) atoms. The summed E-state index contributed by atoms with van der Waals surface area (Å²) in [5.74, 6) is 1.53. The van der Waals surface area contributed by atoms with Gasteiger partial charge in [-0.05, 0) is 39.0 Å². The molecule has 1 atom stereocenters. The first-order valence-corrected chi connectivity index (χ1v) is 7.09. The standard InChI is InChI=1S/C14H23NO2S/c1-14(2,3)15-9-11(16)10-18-13-7-5-6-12(8-13)17-4/h5-8,11,15-16H,9-10H2,1-4H3. The van der Waals surface area contributed by atoms with E-state index >= 15 is 0 Å². The average Bonchev–Trinajstić information content (AvgIpc) is 2.33. The molecule has 2 N–H and O–H groups in total. The largest absolute Gasteiger partial charge is 0.497 e. The van der Waals surface area contributed by atoms with Gasteiger partial charge in [0.2, 0.25) is 0 Å². The third-order valence-corrected chi connectivity index (χ3v) is 3.49. The third kappa shape index (κ3) is 6.28. The van der Waals surface area contributed by atoms with Crippen LogP contribution in [0.15, 0.2) is 29.2 Å². The van der Waals surface area contributed by atoms with Crippen LogP contribution in [-0.2, 0) is 0 Å². The van der Waals surface area contributed by atoms with Crippen molar-refractivity contribution >= 4 is 11.8 Å². The van der Waals surface area contributed by atoms with Crippen LogP contribution in [-0.4, -0.2) is 36.2 Å². The van der Waals surface area contributed by atoms with Gasteiger partial charge in [0.25, 0.3) is 0 Å². The predicted octanol–water partition coefficient (Wildman–Crippen LogP) is 2.54. The van der Waals surface area contributed by atoms with E-state index in [9.17, 15) is 5.11 Å². The molecule has 0 saturated heterocycles. The first-order valence-electron chi connectivity index (χ1n) is 6.10. The molecular formula is C14H23NO2S. The Balaban J connectivity index is 2.35. The van der Waals surface area contributed by atoms with Crippen molar-refractivity contribution in [3.8, 4) is 5.75 Å². The van der Waals surface area contributed by atoms with Gasteiger partial charge in [-0.15, -0.1) is 11.8 Å². The van der Waals surface area contributed by atoms with Crippen molar-refractivity contribution in [2.24, 2.45) is 0 Å². The maximum absolute atomic E-state index is 9.89. The van der Waals surface area contributed by atoms with Crippen LogP contribution < -0.4 is 10.1 Å². The quantitative estimate of drug-likeness (QED) is 0.779. The highest BCUT2D eigenvalue weighted by Crippen LogP contribution is 2.23. The zero-order chi connectivity index (χ0) is 13.6. The molecule has 1 rings (SSSR count). The molecule has 0 spiro atoms. The summed E-state index contributed by atoms with van der Waals surface area (Å²) in [6.45, 7) is 6.89. The summed E-state index contributed by atoms with van der Waals surface area (Å²) in [4.78, 5) is 1.11. The first kappa shape index (κ1) is 15.3. The van der Waals surface area contributed by atoms with Gasteiger partial charge in [-0.3, -0.25) is 0 Å². The van der Waals surface area contributed by atoms with Gasteiger partial charge in [0.05, 0.1) is 13.2 Å². The Morgan fingerprint density at radius 3 is 2.72 bits per heavy atom. The molecule has 0 aliphatic rings. The van der Waals surface area contributed by atoms with E-state index in [-0.39, 0.29) is 11.6 Å². The second-order valence-electron chi connectivity index (χ2n) is 5.27. The molecule has 0 heterocycles. The first-order chi connectivity index (χ1) is 8.40. The van der Waals surface area contributed by atoms with Crippen LogP contribution in [0.4, 0.5) is 0 Å². The van der Waals surface area contributed by atoms with Gasteiger partial charge in [0, 0.05) is 22.7 Å². The number of nitrogens with one attached hydrogen (secondary N) is 1. The van der Waals surface area contributed by atoms with Crippen molar-refractivity contribution in [1.82, 2.24) is 5.32 Å². The lowest BCUT2D eigenvalue weighted by Crippen LogP contribution is -2.41. The third-order valence-electron chi connectivity index (χ3n) is 2.35. The summed E-state index contributed by atoms with van der Waals surface area (Å²) in [7, 11) is 1.66. The van der Waals surface area contributed by atoms with Gasteiger partial charge >= 0.3 is 0 Å². The van der Waals surface area contributed by atoms with Gasteiger partial charge in [-0.25, -0.2) is 0 Å². The Bertz CT molecular complexity index is 363. The molecule has 0 aliphatic carbocycles. The van der Waals surface area contributed by atoms with Crippen LogP contribution >= 0.6 is 11.8 Å². The second kappa shape index (κ2) is 7.02. The highest BCUT2D eigenvalue weighted by atomic mass is 32.2. The van der Waals surface area contributed by atoms with E-state index in [1.165, 1.54) is 0 Å². The van der Waals surface area contributed by atoms with E-state index < -0.39 is 0 Å². The molecule has 1 aromatic rings. The summed E-state index contributed by atoms with van der Waals surface area (Å²) in [6, 6.07) is 7.88.